The molecule has 0 saturated heterocycles. The summed E-state index contributed by atoms with van der Waals surface area (Å²) in [4.78, 5) is 17.8. The van der Waals surface area contributed by atoms with Crippen LogP contribution in [-0.4, -0.2) is 21.6 Å². The van der Waals surface area contributed by atoms with E-state index in [1.807, 2.05) is 24.3 Å². The highest BCUT2D eigenvalue weighted by molar-refractivity contribution is 7.15. The fourth-order valence-corrected chi connectivity index (χ4v) is 3.55. The quantitative estimate of drug-likeness (QED) is 0.614. The lowest BCUT2D eigenvalue weighted by molar-refractivity contribution is 0.373. The second kappa shape index (κ2) is 5.10. The molecule has 0 fully saturated rings. The summed E-state index contributed by atoms with van der Waals surface area (Å²) in [6.07, 6.45) is 1.75. The first-order valence-corrected chi connectivity index (χ1v) is 7.78. The number of ether oxygens (including phenoxy) is 1. The van der Waals surface area contributed by atoms with Crippen molar-refractivity contribution >= 4 is 33.4 Å². The summed E-state index contributed by atoms with van der Waals surface area (Å²) >= 11 is 1.33. The van der Waals surface area contributed by atoms with Crippen molar-refractivity contribution < 1.29 is 9.84 Å². The molecule has 4 rings (SSSR count). The van der Waals surface area contributed by atoms with Crippen molar-refractivity contribution in [1.29, 1.82) is 0 Å². The lowest BCUT2D eigenvalue weighted by Gasteiger charge is -2.02. The van der Waals surface area contributed by atoms with Gasteiger partial charge in [-0.3, -0.25) is 4.79 Å². The van der Waals surface area contributed by atoms with E-state index in [-0.39, 0.29) is 11.3 Å². The average molecular weight is 324 g/mol. The highest BCUT2D eigenvalue weighted by Crippen LogP contribution is 2.26. The van der Waals surface area contributed by atoms with E-state index in [0.717, 1.165) is 16.6 Å². The predicted octanol–water partition coefficient (Wildman–Crippen LogP) is 2.17. The molecule has 4 aromatic rings. The van der Waals surface area contributed by atoms with Crippen molar-refractivity contribution in [2.24, 2.45) is 0 Å². The summed E-state index contributed by atoms with van der Waals surface area (Å²) in [5.74, 6) is 0.442. The molecule has 0 atom stereocenters. The molecule has 114 valence electrons. The van der Waals surface area contributed by atoms with Crippen molar-refractivity contribution in [3.63, 3.8) is 0 Å². The number of thiazole rings is 1. The Bertz CT molecular complexity index is 1140. The molecule has 6 heteroatoms. The smallest absolute Gasteiger partial charge is 0.274 e. The first-order valence-electron chi connectivity index (χ1n) is 6.96. The van der Waals surface area contributed by atoms with Gasteiger partial charge < -0.3 is 9.84 Å². The molecule has 0 aliphatic heterocycles. The molecule has 0 spiro atoms. The van der Waals surface area contributed by atoms with Gasteiger partial charge in [-0.25, -0.2) is 9.38 Å². The Kier molecular flexibility index (Phi) is 3.06. The van der Waals surface area contributed by atoms with Gasteiger partial charge in [-0.05, 0) is 35.9 Å². The first kappa shape index (κ1) is 13.8. The SMILES string of the molecule is COc1ccc(/C=c2\sc3nc4ccccc4n3c2=O)cc1O. The molecule has 0 amide bonds. The third kappa shape index (κ3) is 2.15. The highest BCUT2D eigenvalue weighted by Gasteiger charge is 2.10. The summed E-state index contributed by atoms with van der Waals surface area (Å²) in [6.45, 7) is 0. The Labute approximate surface area is 134 Å². The standard InChI is InChI=1S/C17H12N2O3S/c1-22-14-7-6-10(8-13(14)20)9-15-16(21)19-12-5-3-2-4-11(12)18-17(19)23-15/h2-9,20H,1H3/b15-9-. The maximum Gasteiger partial charge on any atom is 0.274 e. The average Bonchev–Trinajstić information content (AvgIpc) is 3.05. The molecule has 0 bridgehead atoms. The third-order valence-corrected chi connectivity index (χ3v) is 4.61. The Hall–Kier alpha value is -2.86. The zero-order valence-electron chi connectivity index (χ0n) is 12.2. The van der Waals surface area contributed by atoms with Crippen LogP contribution >= 0.6 is 11.3 Å². The number of phenolic OH excluding ortho intramolecular Hbond substituents is 1. The molecule has 1 N–H and O–H groups in total. The summed E-state index contributed by atoms with van der Waals surface area (Å²) in [5, 5.41) is 9.84. The van der Waals surface area contributed by atoms with E-state index in [1.54, 1.807) is 28.7 Å². The van der Waals surface area contributed by atoms with Gasteiger partial charge in [0.2, 0.25) is 0 Å². The normalized spacial score (nSPS) is 12.3. The molecule has 0 radical (unpaired) electrons. The van der Waals surface area contributed by atoms with Gasteiger partial charge in [0.05, 0.1) is 22.7 Å². The molecule has 5 nitrogen and oxygen atoms in total. The van der Waals surface area contributed by atoms with Crippen molar-refractivity contribution in [3.8, 4) is 11.5 Å². The molecule has 0 aliphatic carbocycles. The van der Waals surface area contributed by atoms with Crippen LogP contribution in [0.3, 0.4) is 0 Å². The van der Waals surface area contributed by atoms with Crippen molar-refractivity contribution in [2.75, 3.05) is 7.11 Å². The molecule has 0 aliphatic rings. The molecule has 0 unspecified atom stereocenters. The van der Waals surface area contributed by atoms with Crippen molar-refractivity contribution in [3.05, 3.63) is 62.9 Å². The van der Waals surface area contributed by atoms with Gasteiger partial charge in [0, 0.05) is 0 Å². The van der Waals surface area contributed by atoms with Gasteiger partial charge in [-0.15, -0.1) is 0 Å². The zero-order valence-corrected chi connectivity index (χ0v) is 13.0. The van der Waals surface area contributed by atoms with Crippen LogP contribution in [0.1, 0.15) is 5.56 Å². The third-order valence-electron chi connectivity index (χ3n) is 3.65. The number of hydrogen-bond acceptors (Lipinski definition) is 5. The molecule has 2 aromatic heterocycles. The number of hydrogen-bond donors (Lipinski definition) is 1. The van der Waals surface area contributed by atoms with Crippen LogP contribution in [0.4, 0.5) is 0 Å². The van der Waals surface area contributed by atoms with Crippen molar-refractivity contribution in [1.82, 2.24) is 9.38 Å². The number of aromatic hydroxyl groups is 1. The number of benzene rings is 2. The van der Waals surface area contributed by atoms with Crippen LogP contribution in [0.25, 0.3) is 22.1 Å². The van der Waals surface area contributed by atoms with Crippen molar-refractivity contribution in [2.45, 2.75) is 0 Å². The van der Waals surface area contributed by atoms with Crippen LogP contribution in [0.15, 0.2) is 47.3 Å². The first-order chi connectivity index (χ1) is 11.2. The largest absolute Gasteiger partial charge is 0.504 e. The summed E-state index contributed by atoms with van der Waals surface area (Å²) < 4.78 is 7.21. The van der Waals surface area contributed by atoms with Crippen LogP contribution in [-0.2, 0) is 0 Å². The molecule has 0 saturated carbocycles. The maximum absolute atomic E-state index is 12.6. The number of fused-ring (bicyclic) bond motifs is 3. The van der Waals surface area contributed by atoms with Crippen LogP contribution in [0.5, 0.6) is 11.5 Å². The fraction of sp³-hybridized carbons (Fsp3) is 0.0588. The molecular weight excluding hydrogens is 312 g/mol. The van der Waals surface area contributed by atoms with Gasteiger partial charge in [-0.2, -0.15) is 0 Å². The van der Waals surface area contributed by atoms with Crippen LogP contribution < -0.4 is 14.8 Å². The van der Waals surface area contributed by atoms with Crippen LogP contribution in [0, 0.1) is 0 Å². The summed E-state index contributed by atoms with van der Waals surface area (Å²) in [6, 6.07) is 12.6. The van der Waals surface area contributed by atoms with Gasteiger partial charge in [0.25, 0.3) is 5.56 Å². The lowest BCUT2D eigenvalue weighted by atomic mass is 10.2. The van der Waals surface area contributed by atoms with Gasteiger partial charge in [0.15, 0.2) is 16.5 Å². The maximum atomic E-state index is 12.6. The Morgan fingerprint density at radius 1 is 1.26 bits per heavy atom. The van der Waals surface area contributed by atoms with E-state index in [0.29, 0.717) is 15.2 Å². The Balaban J connectivity index is 1.94. The number of para-hydroxylation sites is 2. The predicted molar refractivity (Wildman–Crippen MR) is 90.3 cm³/mol. The minimum Gasteiger partial charge on any atom is -0.504 e. The second-order valence-corrected chi connectivity index (χ2v) is 6.07. The number of aromatic nitrogens is 2. The highest BCUT2D eigenvalue weighted by atomic mass is 32.1. The number of phenols is 1. The van der Waals surface area contributed by atoms with E-state index < -0.39 is 0 Å². The minimum atomic E-state index is -0.103. The van der Waals surface area contributed by atoms with Gasteiger partial charge in [-0.1, -0.05) is 29.5 Å². The number of rotatable bonds is 2. The monoisotopic (exact) mass is 324 g/mol. The number of methoxy groups -OCH3 is 1. The molecular formula is C17H12N2O3S. The lowest BCUT2D eigenvalue weighted by Crippen LogP contribution is -2.22. The topological polar surface area (TPSA) is 63.8 Å². The number of nitrogens with zero attached hydrogens (tertiary/aromatic N) is 2. The van der Waals surface area contributed by atoms with E-state index >= 15 is 0 Å². The van der Waals surface area contributed by atoms with Crippen LogP contribution in [0.2, 0.25) is 0 Å². The molecule has 2 aromatic carbocycles. The summed E-state index contributed by atoms with van der Waals surface area (Å²) in [5.41, 5.74) is 2.24. The molecule has 23 heavy (non-hydrogen) atoms. The Morgan fingerprint density at radius 3 is 2.87 bits per heavy atom. The van der Waals surface area contributed by atoms with E-state index in [4.69, 9.17) is 4.74 Å². The zero-order chi connectivity index (χ0) is 16.0. The van der Waals surface area contributed by atoms with E-state index in [9.17, 15) is 9.90 Å². The van der Waals surface area contributed by atoms with E-state index in [1.165, 1.54) is 18.4 Å². The molecule has 2 heterocycles. The summed E-state index contributed by atoms with van der Waals surface area (Å²) in [7, 11) is 1.49. The second-order valence-electron chi connectivity index (χ2n) is 5.07. The number of imidazole rings is 1. The van der Waals surface area contributed by atoms with Gasteiger partial charge in [0.1, 0.15) is 0 Å². The van der Waals surface area contributed by atoms with E-state index in [2.05, 4.69) is 4.98 Å². The minimum absolute atomic E-state index is 0.0421. The fourth-order valence-electron chi connectivity index (χ4n) is 2.56. The van der Waals surface area contributed by atoms with Gasteiger partial charge >= 0.3 is 0 Å². The Morgan fingerprint density at radius 2 is 2.09 bits per heavy atom.